The molecule has 0 saturated carbocycles. The summed E-state index contributed by atoms with van der Waals surface area (Å²) in [4.78, 5) is 6.26. The summed E-state index contributed by atoms with van der Waals surface area (Å²) in [5, 5.41) is 13.1. The first-order valence-corrected chi connectivity index (χ1v) is 12.3. The molecule has 0 aliphatic heterocycles. The summed E-state index contributed by atoms with van der Waals surface area (Å²) >= 11 is 6.52. The Kier molecular flexibility index (Phi) is 7.94. The smallest absolute Gasteiger partial charge is 0.281 e. The Morgan fingerprint density at radius 2 is 1.78 bits per heavy atom. The molecule has 0 saturated heterocycles. The van der Waals surface area contributed by atoms with Crippen molar-refractivity contribution in [2.45, 2.75) is 58.0 Å². The topological polar surface area (TPSA) is 59.7 Å². The van der Waals surface area contributed by atoms with Gasteiger partial charge in [0.15, 0.2) is 5.82 Å². The number of hydrogen-bond donors (Lipinski definition) is 0. The van der Waals surface area contributed by atoms with Crippen molar-refractivity contribution in [1.29, 1.82) is 0 Å². The molecule has 1 atom stereocenters. The quantitative estimate of drug-likeness (QED) is 0.242. The van der Waals surface area contributed by atoms with Gasteiger partial charge in [0.2, 0.25) is 0 Å². The molecule has 0 amide bonds. The van der Waals surface area contributed by atoms with E-state index in [-0.39, 0.29) is 0 Å². The second-order valence-electron chi connectivity index (χ2n) is 9.50. The van der Waals surface area contributed by atoms with Gasteiger partial charge in [-0.2, -0.15) is 13.2 Å². The molecular weight excluding hydrogens is 501 g/mol. The van der Waals surface area contributed by atoms with Crippen molar-refractivity contribution in [2.24, 2.45) is 0 Å². The Labute approximate surface area is 219 Å². The standard InChI is InChI=1S/C27H28ClF3N6/c1-4-26(2,3)37-25(33-34-35-37)24(20-11-7-12-22(15-20)27(29,30)31)36(17-19-9-8-14-32-16-19)18-21-10-5-6-13-23(21)28/h5-16,24H,4,17-18H2,1-3H3/t24-/m1/s1. The van der Waals surface area contributed by atoms with Crippen LogP contribution in [0, 0.1) is 0 Å². The summed E-state index contributed by atoms with van der Waals surface area (Å²) in [6.45, 7) is 6.72. The van der Waals surface area contributed by atoms with E-state index in [2.05, 4.69) is 20.5 Å². The van der Waals surface area contributed by atoms with Crippen LogP contribution in [0.4, 0.5) is 13.2 Å². The molecule has 0 unspecified atom stereocenters. The fourth-order valence-electron chi connectivity index (χ4n) is 4.16. The van der Waals surface area contributed by atoms with E-state index in [4.69, 9.17) is 11.6 Å². The predicted molar refractivity (Wildman–Crippen MR) is 136 cm³/mol. The second kappa shape index (κ2) is 11.0. The van der Waals surface area contributed by atoms with Gasteiger partial charge in [0.05, 0.1) is 17.1 Å². The van der Waals surface area contributed by atoms with Gasteiger partial charge in [-0.05, 0) is 71.7 Å². The lowest BCUT2D eigenvalue weighted by atomic mass is 9.97. The Balaban J connectivity index is 1.92. The van der Waals surface area contributed by atoms with Crippen molar-refractivity contribution in [2.75, 3.05) is 0 Å². The minimum atomic E-state index is -4.49. The van der Waals surface area contributed by atoms with E-state index in [0.717, 1.165) is 17.2 Å². The van der Waals surface area contributed by atoms with Crippen molar-refractivity contribution in [1.82, 2.24) is 30.1 Å². The van der Waals surface area contributed by atoms with Gasteiger partial charge in [-0.15, -0.1) is 5.10 Å². The fraction of sp³-hybridized carbons (Fsp3) is 0.333. The van der Waals surface area contributed by atoms with E-state index in [9.17, 15) is 13.2 Å². The van der Waals surface area contributed by atoms with E-state index in [1.54, 1.807) is 29.2 Å². The van der Waals surface area contributed by atoms with Crippen LogP contribution in [0.5, 0.6) is 0 Å². The van der Waals surface area contributed by atoms with Gasteiger partial charge in [0.25, 0.3) is 0 Å². The molecule has 0 bridgehead atoms. The number of alkyl halides is 3. The highest BCUT2D eigenvalue weighted by Gasteiger charge is 2.36. The summed E-state index contributed by atoms with van der Waals surface area (Å²) in [6.07, 6.45) is -0.363. The number of rotatable bonds is 9. The van der Waals surface area contributed by atoms with Gasteiger partial charge in [0, 0.05) is 30.5 Å². The lowest BCUT2D eigenvalue weighted by Crippen LogP contribution is -2.36. The molecule has 4 aromatic rings. The van der Waals surface area contributed by atoms with Crippen molar-refractivity contribution in [3.05, 3.63) is 106 Å². The predicted octanol–water partition coefficient (Wildman–Crippen LogP) is 6.68. The fourth-order valence-corrected chi connectivity index (χ4v) is 4.36. The van der Waals surface area contributed by atoms with Gasteiger partial charge in [0.1, 0.15) is 0 Å². The highest BCUT2D eigenvalue weighted by atomic mass is 35.5. The Hall–Kier alpha value is -3.30. The molecule has 0 radical (unpaired) electrons. The molecule has 0 aliphatic rings. The van der Waals surface area contributed by atoms with Crippen LogP contribution in [-0.2, 0) is 24.8 Å². The minimum absolute atomic E-state index is 0.342. The van der Waals surface area contributed by atoms with Crippen molar-refractivity contribution in [3.8, 4) is 0 Å². The van der Waals surface area contributed by atoms with Crippen LogP contribution in [0.25, 0.3) is 0 Å². The number of halogens is 4. The molecule has 0 spiro atoms. The zero-order valence-corrected chi connectivity index (χ0v) is 21.6. The maximum atomic E-state index is 13.8. The Morgan fingerprint density at radius 1 is 1.00 bits per heavy atom. The third-order valence-electron chi connectivity index (χ3n) is 6.51. The monoisotopic (exact) mass is 528 g/mol. The molecule has 6 nitrogen and oxygen atoms in total. The lowest BCUT2D eigenvalue weighted by molar-refractivity contribution is -0.137. The number of aromatic nitrogens is 5. The van der Waals surface area contributed by atoms with Crippen LogP contribution in [0.1, 0.15) is 61.3 Å². The largest absolute Gasteiger partial charge is 0.416 e. The Bertz CT molecular complexity index is 1320. The number of nitrogens with zero attached hydrogens (tertiary/aromatic N) is 6. The average molecular weight is 529 g/mol. The van der Waals surface area contributed by atoms with Gasteiger partial charge in [-0.3, -0.25) is 9.88 Å². The van der Waals surface area contributed by atoms with E-state index in [1.165, 1.54) is 12.1 Å². The maximum Gasteiger partial charge on any atom is 0.416 e. The molecule has 0 aliphatic carbocycles. The minimum Gasteiger partial charge on any atom is -0.281 e. The molecule has 4 rings (SSSR count). The number of benzene rings is 2. The van der Waals surface area contributed by atoms with Crippen LogP contribution in [0.2, 0.25) is 5.02 Å². The van der Waals surface area contributed by atoms with Gasteiger partial charge >= 0.3 is 6.18 Å². The zero-order valence-electron chi connectivity index (χ0n) is 20.8. The Morgan fingerprint density at radius 3 is 2.46 bits per heavy atom. The number of pyridine rings is 1. The first kappa shape index (κ1) is 26.8. The van der Waals surface area contributed by atoms with E-state index in [1.807, 2.05) is 56.0 Å². The summed E-state index contributed by atoms with van der Waals surface area (Å²) in [5.74, 6) is 0.446. The first-order valence-electron chi connectivity index (χ1n) is 11.9. The maximum absolute atomic E-state index is 13.8. The van der Waals surface area contributed by atoms with Gasteiger partial charge in [-0.25, -0.2) is 4.68 Å². The van der Waals surface area contributed by atoms with Gasteiger partial charge < -0.3 is 0 Å². The van der Waals surface area contributed by atoms with Crippen LogP contribution < -0.4 is 0 Å². The molecule has 2 heterocycles. The highest BCUT2D eigenvalue weighted by molar-refractivity contribution is 6.31. The molecular formula is C27H28ClF3N6. The summed E-state index contributed by atoms with van der Waals surface area (Å²) < 4.78 is 43.0. The van der Waals surface area contributed by atoms with Gasteiger partial charge in [-0.1, -0.05) is 54.9 Å². The molecule has 0 N–H and O–H groups in total. The normalized spacial score (nSPS) is 13.2. The number of hydrogen-bond acceptors (Lipinski definition) is 5. The van der Waals surface area contributed by atoms with E-state index >= 15 is 0 Å². The summed E-state index contributed by atoms with van der Waals surface area (Å²) in [5.41, 5.74) is 0.944. The molecule has 2 aromatic heterocycles. The van der Waals surface area contributed by atoms with E-state index in [0.29, 0.717) is 35.9 Å². The summed E-state index contributed by atoms with van der Waals surface area (Å²) in [6, 6.07) is 15.8. The summed E-state index contributed by atoms with van der Waals surface area (Å²) in [7, 11) is 0. The molecule has 37 heavy (non-hydrogen) atoms. The third kappa shape index (κ3) is 6.17. The van der Waals surface area contributed by atoms with Crippen LogP contribution in [0.3, 0.4) is 0 Å². The third-order valence-corrected chi connectivity index (χ3v) is 6.88. The van der Waals surface area contributed by atoms with Crippen LogP contribution in [-0.4, -0.2) is 30.1 Å². The highest BCUT2D eigenvalue weighted by Crippen LogP contribution is 2.37. The molecule has 10 heteroatoms. The first-order chi connectivity index (χ1) is 17.6. The van der Waals surface area contributed by atoms with Crippen LogP contribution in [0.15, 0.2) is 73.1 Å². The van der Waals surface area contributed by atoms with Crippen molar-refractivity contribution in [3.63, 3.8) is 0 Å². The number of tetrazole rings is 1. The molecule has 0 fully saturated rings. The van der Waals surface area contributed by atoms with Crippen molar-refractivity contribution >= 4 is 11.6 Å². The molecule has 194 valence electrons. The van der Waals surface area contributed by atoms with E-state index < -0.39 is 23.3 Å². The second-order valence-corrected chi connectivity index (χ2v) is 9.91. The molecule has 2 aromatic carbocycles. The van der Waals surface area contributed by atoms with Crippen molar-refractivity contribution < 1.29 is 13.2 Å². The SMILES string of the molecule is CCC(C)(C)n1nnnc1[C@@H](c1cccc(C(F)(F)F)c1)N(Cc1cccnc1)Cc1ccccc1Cl. The average Bonchev–Trinajstić information content (AvgIpc) is 3.36. The lowest BCUT2D eigenvalue weighted by Gasteiger charge is -2.34. The zero-order chi connectivity index (χ0) is 26.6. The van der Waals surface area contributed by atoms with Crippen LogP contribution >= 0.6 is 11.6 Å².